The molecule has 3 aromatic rings. The number of nitrogen functional groups attached to an aromatic ring is 1. The summed E-state index contributed by atoms with van der Waals surface area (Å²) in [6, 6.07) is 14.7. The Bertz CT molecular complexity index is 928. The maximum atomic E-state index is 13.9. The van der Waals surface area contributed by atoms with E-state index in [9.17, 15) is 4.39 Å². The summed E-state index contributed by atoms with van der Waals surface area (Å²) in [5.41, 5.74) is 9.60. The Hall–Kier alpha value is -2.80. The van der Waals surface area contributed by atoms with Crippen LogP contribution < -0.4 is 5.73 Å². The molecule has 0 spiro atoms. The first kappa shape index (κ1) is 13.8. The number of nitrogens with two attached hydrogens (primary N) is 1. The Morgan fingerprint density at radius 3 is 2.57 bits per heavy atom. The lowest BCUT2D eigenvalue weighted by atomic mass is 10.1. The second-order valence-corrected chi connectivity index (χ2v) is 6.21. The molecule has 1 heterocycles. The van der Waals surface area contributed by atoms with Gasteiger partial charge >= 0.3 is 0 Å². The molecule has 3 nitrogen and oxygen atoms in total. The summed E-state index contributed by atoms with van der Waals surface area (Å²) in [7, 11) is 0. The van der Waals surface area contributed by atoms with Gasteiger partial charge in [0.25, 0.3) is 0 Å². The molecule has 114 valence electrons. The topological polar surface area (TPSA) is 54.7 Å². The number of aromatic nitrogens is 1. The van der Waals surface area contributed by atoms with E-state index in [1.54, 1.807) is 6.07 Å². The van der Waals surface area contributed by atoms with Crippen LogP contribution in [0.3, 0.4) is 0 Å². The van der Waals surface area contributed by atoms with Crippen molar-refractivity contribution in [3.05, 3.63) is 53.8 Å². The van der Waals surface area contributed by atoms with Crippen LogP contribution in [0.25, 0.3) is 22.2 Å². The minimum absolute atomic E-state index is 0.0940. The molecule has 1 aliphatic carbocycles. The second-order valence-electron chi connectivity index (χ2n) is 6.21. The Labute approximate surface area is 133 Å². The van der Waals surface area contributed by atoms with E-state index < -0.39 is 5.82 Å². The van der Waals surface area contributed by atoms with Crippen LogP contribution in [0, 0.1) is 23.1 Å². The van der Waals surface area contributed by atoms with Crippen LogP contribution in [0.1, 0.15) is 18.4 Å². The molecule has 0 radical (unpaired) electrons. The average Bonchev–Trinajstić information content (AvgIpc) is 3.30. The molecule has 1 aromatic heterocycles. The lowest BCUT2D eigenvalue weighted by Crippen LogP contribution is -2.02. The van der Waals surface area contributed by atoms with Gasteiger partial charge in [0.1, 0.15) is 11.9 Å². The molecule has 0 aliphatic heterocycles. The molecule has 0 saturated heterocycles. The van der Waals surface area contributed by atoms with Crippen LogP contribution in [-0.4, -0.2) is 4.57 Å². The first-order valence-corrected chi connectivity index (χ1v) is 7.74. The Balaban J connectivity index is 1.94. The molecule has 2 N–H and O–H groups in total. The van der Waals surface area contributed by atoms with Crippen molar-refractivity contribution < 1.29 is 4.39 Å². The van der Waals surface area contributed by atoms with E-state index >= 15 is 0 Å². The lowest BCUT2D eigenvalue weighted by Gasteiger charge is -2.11. The fourth-order valence-electron chi connectivity index (χ4n) is 3.02. The van der Waals surface area contributed by atoms with Gasteiger partial charge in [0.15, 0.2) is 0 Å². The summed E-state index contributed by atoms with van der Waals surface area (Å²) < 4.78 is 16.1. The van der Waals surface area contributed by atoms with Crippen molar-refractivity contribution in [2.45, 2.75) is 19.4 Å². The number of hydrogen-bond acceptors (Lipinski definition) is 2. The summed E-state index contributed by atoms with van der Waals surface area (Å²) in [5.74, 6) is 0.209. The van der Waals surface area contributed by atoms with E-state index in [-0.39, 0.29) is 5.56 Å². The van der Waals surface area contributed by atoms with Crippen LogP contribution in [0.2, 0.25) is 0 Å². The van der Waals surface area contributed by atoms with E-state index in [0.29, 0.717) is 5.92 Å². The predicted molar refractivity (Wildman–Crippen MR) is 89.2 cm³/mol. The predicted octanol–water partition coefficient (Wildman–Crippen LogP) is 4.31. The standard InChI is InChI=1S/C19H16FN3/c20-17-7-14-8-18(13-3-5-16(22)6-4-13)23(11-12-1-2-12)19(14)9-15(17)10-21/h3-9,12H,1-2,11,22H2. The molecular weight excluding hydrogens is 289 g/mol. The fourth-order valence-corrected chi connectivity index (χ4v) is 3.02. The normalized spacial score (nSPS) is 14.1. The minimum atomic E-state index is -0.465. The zero-order valence-corrected chi connectivity index (χ0v) is 12.6. The SMILES string of the molecule is N#Cc1cc2c(cc1F)cc(-c1ccc(N)cc1)n2CC1CC1. The average molecular weight is 305 g/mol. The molecule has 4 rings (SSSR count). The van der Waals surface area contributed by atoms with Gasteiger partial charge in [-0.3, -0.25) is 0 Å². The highest BCUT2D eigenvalue weighted by Crippen LogP contribution is 2.36. The van der Waals surface area contributed by atoms with E-state index in [0.717, 1.165) is 34.4 Å². The fraction of sp³-hybridized carbons (Fsp3) is 0.211. The summed E-state index contributed by atoms with van der Waals surface area (Å²) in [6.45, 7) is 0.902. The number of nitrogens with zero attached hydrogens (tertiary/aromatic N) is 2. The lowest BCUT2D eigenvalue weighted by molar-refractivity contribution is 0.624. The van der Waals surface area contributed by atoms with Crippen molar-refractivity contribution in [2.24, 2.45) is 5.92 Å². The molecule has 0 unspecified atom stereocenters. The van der Waals surface area contributed by atoms with Gasteiger partial charge in [-0.05, 0) is 54.7 Å². The van der Waals surface area contributed by atoms with Crippen LogP contribution in [0.15, 0.2) is 42.5 Å². The first-order chi connectivity index (χ1) is 11.2. The highest BCUT2D eigenvalue weighted by atomic mass is 19.1. The molecule has 0 bridgehead atoms. The van der Waals surface area contributed by atoms with Gasteiger partial charge in [0.2, 0.25) is 0 Å². The zero-order chi connectivity index (χ0) is 16.0. The molecule has 0 atom stereocenters. The van der Waals surface area contributed by atoms with E-state index in [4.69, 9.17) is 11.0 Å². The number of nitriles is 1. The number of fused-ring (bicyclic) bond motifs is 1. The second kappa shape index (κ2) is 5.13. The van der Waals surface area contributed by atoms with Gasteiger partial charge in [0, 0.05) is 23.3 Å². The Kier molecular flexibility index (Phi) is 3.09. The van der Waals surface area contributed by atoms with Crippen LogP contribution >= 0.6 is 0 Å². The molecule has 1 aliphatic rings. The van der Waals surface area contributed by atoms with Crippen molar-refractivity contribution in [1.82, 2.24) is 4.57 Å². The quantitative estimate of drug-likeness (QED) is 0.733. The minimum Gasteiger partial charge on any atom is -0.399 e. The summed E-state index contributed by atoms with van der Waals surface area (Å²) >= 11 is 0. The van der Waals surface area contributed by atoms with Crippen molar-refractivity contribution in [3.8, 4) is 17.3 Å². The van der Waals surface area contributed by atoms with E-state index in [1.807, 2.05) is 36.4 Å². The summed E-state index contributed by atoms with van der Waals surface area (Å²) in [4.78, 5) is 0. The van der Waals surface area contributed by atoms with Gasteiger partial charge < -0.3 is 10.3 Å². The number of benzene rings is 2. The first-order valence-electron chi connectivity index (χ1n) is 7.74. The van der Waals surface area contributed by atoms with Crippen molar-refractivity contribution in [2.75, 3.05) is 5.73 Å². The molecule has 23 heavy (non-hydrogen) atoms. The third-order valence-corrected chi connectivity index (χ3v) is 4.45. The van der Waals surface area contributed by atoms with E-state index in [2.05, 4.69) is 4.57 Å². The molecule has 4 heteroatoms. The molecule has 0 amide bonds. The van der Waals surface area contributed by atoms with Crippen LogP contribution in [0.4, 0.5) is 10.1 Å². The van der Waals surface area contributed by atoms with Crippen molar-refractivity contribution in [3.63, 3.8) is 0 Å². The van der Waals surface area contributed by atoms with Gasteiger partial charge in [0.05, 0.1) is 11.1 Å². The van der Waals surface area contributed by atoms with Gasteiger partial charge in [-0.15, -0.1) is 0 Å². The van der Waals surface area contributed by atoms with E-state index in [1.165, 1.54) is 18.9 Å². The smallest absolute Gasteiger partial charge is 0.141 e. The maximum absolute atomic E-state index is 13.9. The molecule has 2 aromatic carbocycles. The number of hydrogen-bond donors (Lipinski definition) is 1. The summed E-state index contributed by atoms with van der Waals surface area (Å²) in [5, 5.41) is 9.93. The van der Waals surface area contributed by atoms with Gasteiger partial charge in [-0.2, -0.15) is 5.26 Å². The third-order valence-electron chi connectivity index (χ3n) is 4.45. The summed E-state index contributed by atoms with van der Waals surface area (Å²) in [6.07, 6.45) is 2.46. The molecule has 1 saturated carbocycles. The zero-order valence-electron chi connectivity index (χ0n) is 12.6. The van der Waals surface area contributed by atoms with Crippen molar-refractivity contribution >= 4 is 16.6 Å². The highest BCUT2D eigenvalue weighted by molar-refractivity contribution is 5.88. The van der Waals surface area contributed by atoms with Gasteiger partial charge in [-0.1, -0.05) is 12.1 Å². The Morgan fingerprint density at radius 2 is 1.91 bits per heavy atom. The van der Waals surface area contributed by atoms with Crippen LogP contribution in [-0.2, 0) is 6.54 Å². The highest BCUT2D eigenvalue weighted by Gasteiger charge is 2.24. The Morgan fingerprint density at radius 1 is 1.17 bits per heavy atom. The maximum Gasteiger partial charge on any atom is 0.141 e. The largest absolute Gasteiger partial charge is 0.399 e. The van der Waals surface area contributed by atoms with Crippen molar-refractivity contribution in [1.29, 1.82) is 5.26 Å². The monoisotopic (exact) mass is 305 g/mol. The van der Waals surface area contributed by atoms with Crippen LogP contribution in [0.5, 0.6) is 0 Å². The third kappa shape index (κ3) is 2.44. The number of anilines is 1. The number of halogens is 1. The van der Waals surface area contributed by atoms with Gasteiger partial charge in [-0.25, -0.2) is 4.39 Å². The number of rotatable bonds is 3. The molecule has 1 fully saturated rings. The molecular formula is C19H16FN3.